The fraction of sp³-hybridized carbons (Fsp3) is 0.786. The Labute approximate surface area is 125 Å². The van der Waals surface area contributed by atoms with Crippen LogP contribution in [0.25, 0.3) is 0 Å². The fourth-order valence-electron chi connectivity index (χ4n) is 2.54. The van der Waals surface area contributed by atoms with E-state index in [9.17, 15) is 19.5 Å². The molecule has 1 aliphatic heterocycles. The Morgan fingerprint density at radius 1 is 1.33 bits per heavy atom. The molecule has 3 N–H and O–H groups in total. The Hall–Kier alpha value is -1.63. The summed E-state index contributed by atoms with van der Waals surface area (Å²) in [7, 11) is 0. The second-order valence-corrected chi connectivity index (χ2v) is 6.03. The highest BCUT2D eigenvalue weighted by atomic mass is 16.4. The maximum Gasteiger partial charge on any atom is 0.321 e. The number of carbonyl (C=O) groups is 3. The maximum absolute atomic E-state index is 11.8. The number of hydrogen-bond acceptors (Lipinski definition) is 4. The quantitative estimate of drug-likeness (QED) is 0.692. The number of amides is 3. The molecule has 0 saturated carbocycles. The number of nitrogens with zero attached hydrogens (tertiary/aromatic N) is 1. The number of carboxylic acids is 1. The van der Waals surface area contributed by atoms with Gasteiger partial charge in [-0.3, -0.25) is 19.8 Å². The first-order valence-corrected chi connectivity index (χ1v) is 7.35. The summed E-state index contributed by atoms with van der Waals surface area (Å²) in [5.74, 6) is -1.10. The molecule has 1 fully saturated rings. The topological polar surface area (TPSA) is 98.7 Å². The molecule has 0 aliphatic carbocycles. The highest BCUT2D eigenvalue weighted by molar-refractivity contribution is 5.95. The van der Waals surface area contributed by atoms with Gasteiger partial charge in [0.25, 0.3) is 0 Å². The van der Waals surface area contributed by atoms with Crippen LogP contribution in [-0.2, 0) is 9.59 Å². The minimum Gasteiger partial charge on any atom is -0.480 e. The number of hydrogen-bond donors (Lipinski definition) is 3. The minimum absolute atomic E-state index is 0.00109. The SMILES string of the molecule is CC(C)CNC(=O)NC(=O)CN1CCCC(C)C1C(=O)O. The van der Waals surface area contributed by atoms with Crippen molar-refractivity contribution in [2.24, 2.45) is 11.8 Å². The molecule has 1 rings (SSSR count). The van der Waals surface area contributed by atoms with Crippen molar-refractivity contribution in [1.29, 1.82) is 0 Å². The lowest BCUT2D eigenvalue weighted by Crippen LogP contribution is -2.53. The van der Waals surface area contributed by atoms with Gasteiger partial charge in [0, 0.05) is 6.54 Å². The summed E-state index contributed by atoms with van der Waals surface area (Å²) in [5, 5.41) is 14.1. The number of likely N-dealkylation sites (tertiary alicyclic amines) is 1. The zero-order valence-corrected chi connectivity index (χ0v) is 12.9. The molecule has 1 aliphatic rings. The minimum atomic E-state index is -0.917. The number of rotatable bonds is 5. The molecular weight excluding hydrogens is 274 g/mol. The molecule has 7 nitrogen and oxygen atoms in total. The predicted octanol–water partition coefficient (Wildman–Crippen LogP) is 0.653. The van der Waals surface area contributed by atoms with Crippen LogP contribution in [0.1, 0.15) is 33.6 Å². The van der Waals surface area contributed by atoms with Gasteiger partial charge in [-0.1, -0.05) is 20.8 Å². The molecule has 0 spiro atoms. The Morgan fingerprint density at radius 3 is 2.57 bits per heavy atom. The van der Waals surface area contributed by atoms with Crippen molar-refractivity contribution in [3.05, 3.63) is 0 Å². The van der Waals surface area contributed by atoms with Crippen LogP contribution >= 0.6 is 0 Å². The molecule has 2 unspecified atom stereocenters. The molecule has 120 valence electrons. The zero-order valence-electron chi connectivity index (χ0n) is 12.9. The van der Waals surface area contributed by atoms with Crippen LogP contribution < -0.4 is 10.6 Å². The van der Waals surface area contributed by atoms with Crippen molar-refractivity contribution >= 4 is 17.9 Å². The number of aliphatic carboxylic acids is 1. The van der Waals surface area contributed by atoms with Crippen LogP contribution in [0.5, 0.6) is 0 Å². The standard InChI is InChI=1S/C14H25N3O4/c1-9(2)7-15-14(21)16-11(18)8-17-6-4-5-10(3)12(17)13(19)20/h9-10,12H,4-8H2,1-3H3,(H,19,20)(H2,15,16,18,21). The van der Waals surface area contributed by atoms with Crippen molar-refractivity contribution in [2.45, 2.75) is 39.7 Å². The first-order chi connectivity index (χ1) is 9.81. The van der Waals surface area contributed by atoms with Gasteiger partial charge in [0.15, 0.2) is 0 Å². The molecule has 0 bridgehead atoms. The number of carboxylic acid groups (broad SMARTS) is 1. The second kappa shape index (κ2) is 7.97. The number of piperidine rings is 1. The van der Waals surface area contributed by atoms with Gasteiger partial charge in [-0.15, -0.1) is 0 Å². The Balaban J connectivity index is 2.48. The van der Waals surface area contributed by atoms with Gasteiger partial charge in [0.05, 0.1) is 6.54 Å². The van der Waals surface area contributed by atoms with E-state index in [1.165, 1.54) is 0 Å². The van der Waals surface area contributed by atoms with E-state index in [2.05, 4.69) is 10.6 Å². The highest BCUT2D eigenvalue weighted by Gasteiger charge is 2.35. The maximum atomic E-state index is 11.8. The fourth-order valence-corrected chi connectivity index (χ4v) is 2.54. The lowest BCUT2D eigenvalue weighted by molar-refractivity contribution is -0.147. The van der Waals surface area contributed by atoms with Crippen LogP contribution in [0, 0.1) is 11.8 Å². The van der Waals surface area contributed by atoms with Crippen LogP contribution in [0.4, 0.5) is 4.79 Å². The normalized spacial score (nSPS) is 22.9. The van der Waals surface area contributed by atoms with Gasteiger partial charge in [-0.2, -0.15) is 0 Å². The molecule has 2 atom stereocenters. The van der Waals surface area contributed by atoms with Crippen molar-refractivity contribution < 1.29 is 19.5 Å². The summed E-state index contributed by atoms with van der Waals surface area (Å²) in [6.07, 6.45) is 1.70. The van der Waals surface area contributed by atoms with E-state index in [0.29, 0.717) is 19.0 Å². The molecule has 0 radical (unpaired) electrons. The van der Waals surface area contributed by atoms with Crippen molar-refractivity contribution in [2.75, 3.05) is 19.6 Å². The lowest BCUT2D eigenvalue weighted by atomic mass is 9.91. The molecule has 1 saturated heterocycles. The summed E-state index contributed by atoms with van der Waals surface area (Å²) in [6, 6.07) is -1.20. The van der Waals surface area contributed by atoms with Crippen molar-refractivity contribution in [1.82, 2.24) is 15.5 Å². The molecule has 0 aromatic rings. The van der Waals surface area contributed by atoms with Crippen molar-refractivity contribution in [3.8, 4) is 0 Å². The van der Waals surface area contributed by atoms with Crippen LogP contribution in [-0.4, -0.2) is 53.6 Å². The number of imide groups is 1. The van der Waals surface area contributed by atoms with E-state index in [4.69, 9.17) is 0 Å². The largest absolute Gasteiger partial charge is 0.480 e. The number of urea groups is 1. The average Bonchev–Trinajstić information content (AvgIpc) is 2.35. The zero-order chi connectivity index (χ0) is 16.0. The molecule has 21 heavy (non-hydrogen) atoms. The highest BCUT2D eigenvalue weighted by Crippen LogP contribution is 2.23. The molecule has 0 aromatic heterocycles. The van der Waals surface area contributed by atoms with E-state index < -0.39 is 23.9 Å². The van der Waals surface area contributed by atoms with Crippen LogP contribution in [0.3, 0.4) is 0 Å². The van der Waals surface area contributed by atoms with E-state index in [1.807, 2.05) is 20.8 Å². The summed E-state index contributed by atoms with van der Waals surface area (Å²) in [6.45, 7) is 6.75. The summed E-state index contributed by atoms with van der Waals surface area (Å²) < 4.78 is 0. The van der Waals surface area contributed by atoms with Gasteiger partial charge in [-0.25, -0.2) is 4.79 Å². The smallest absolute Gasteiger partial charge is 0.321 e. The van der Waals surface area contributed by atoms with Gasteiger partial charge in [0.1, 0.15) is 6.04 Å². The van der Waals surface area contributed by atoms with Crippen LogP contribution in [0.2, 0.25) is 0 Å². The van der Waals surface area contributed by atoms with Crippen molar-refractivity contribution in [3.63, 3.8) is 0 Å². The number of nitrogens with one attached hydrogen (secondary N) is 2. The first-order valence-electron chi connectivity index (χ1n) is 7.35. The molecule has 0 aromatic carbocycles. The summed E-state index contributed by atoms with van der Waals surface area (Å²) >= 11 is 0. The van der Waals surface area contributed by atoms with Gasteiger partial charge in [0.2, 0.25) is 5.91 Å². The van der Waals surface area contributed by atoms with E-state index in [0.717, 1.165) is 12.8 Å². The molecular formula is C14H25N3O4. The van der Waals surface area contributed by atoms with Gasteiger partial charge in [-0.05, 0) is 31.2 Å². The third-order valence-electron chi connectivity index (χ3n) is 3.56. The van der Waals surface area contributed by atoms with Gasteiger partial charge >= 0.3 is 12.0 Å². The van der Waals surface area contributed by atoms with E-state index in [-0.39, 0.29) is 12.5 Å². The lowest BCUT2D eigenvalue weighted by Gasteiger charge is -2.36. The third-order valence-corrected chi connectivity index (χ3v) is 3.56. The summed E-state index contributed by atoms with van der Waals surface area (Å²) in [5.41, 5.74) is 0. The first kappa shape index (κ1) is 17.4. The predicted molar refractivity (Wildman–Crippen MR) is 77.8 cm³/mol. The average molecular weight is 299 g/mol. The van der Waals surface area contributed by atoms with E-state index >= 15 is 0 Å². The Morgan fingerprint density at radius 2 is 2.00 bits per heavy atom. The monoisotopic (exact) mass is 299 g/mol. The van der Waals surface area contributed by atoms with Crippen LogP contribution in [0.15, 0.2) is 0 Å². The Bertz CT molecular complexity index is 398. The van der Waals surface area contributed by atoms with Gasteiger partial charge < -0.3 is 10.4 Å². The number of carbonyl (C=O) groups excluding carboxylic acids is 2. The molecule has 1 heterocycles. The molecule has 3 amide bonds. The second-order valence-electron chi connectivity index (χ2n) is 6.03. The Kier molecular flexibility index (Phi) is 6.61. The third kappa shape index (κ3) is 5.71. The van der Waals surface area contributed by atoms with E-state index in [1.54, 1.807) is 4.90 Å². The summed E-state index contributed by atoms with van der Waals surface area (Å²) in [4.78, 5) is 36.3. The molecule has 7 heteroatoms.